The molecular formula is C23H25F2NO4. The highest BCUT2D eigenvalue weighted by Gasteiger charge is 2.15. The smallest absolute Gasteiger partial charge is 0.387 e. The molecule has 1 saturated heterocycles. The summed E-state index contributed by atoms with van der Waals surface area (Å²) in [5, 5.41) is 0. The van der Waals surface area contributed by atoms with Crippen LogP contribution in [0.15, 0.2) is 42.5 Å². The number of hydrogen-bond donors (Lipinski definition) is 0. The Morgan fingerprint density at radius 3 is 2.40 bits per heavy atom. The minimum Gasteiger partial charge on any atom is -0.496 e. The van der Waals surface area contributed by atoms with Gasteiger partial charge in [0.2, 0.25) is 0 Å². The predicted molar refractivity (Wildman–Crippen MR) is 110 cm³/mol. The normalized spacial score (nSPS) is 14.4. The van der Waals surface area contributed by atoms with Crippen LogP contribution in [0.1, 0.15) is 34.3 Å². The van der Waals surface area contributed by atoms with Crippen molar-refractivity contribution < 1.29 is 27.8 Å². The Balaban J connectivity index is 1.75. The van der Waals surface area contributed by atoms with E-state index in [0.717, 1.165) is 36.5 Å². The van der Waals surface area contributed by atoms with Crippen LogP contribution >= 0.6 is 0 Å². The molecule has 0 aliphatic carbocycles. The number of methoxy groups -OCH3 is 2. The van der Waals surface area contributed by atoms with E-state index in [-0.39, 0.29) is 17.3 Å². The van der Waals surface area contributed by atoms with Gasteiger partial charge in [-0.3, -0.25) is 9.69 Å². The van der Waals surface area contributed by atoms with Crippen LogP contribution in [0.25, 0.3) is 6.08 Å². The first-order valence-electron chi connectivity index (χ1n) is 9.74. The van der Waals surface area contributed by atoms with Crippen molar-refractivity contribution in [3.8, 4) is 17.2 Å². The van der Waals surface area contributed by atoms with Gasteiger partial charge < -0.3 is 14.2 Å². The maximum Gasteiger partial charge on any atom is 0.387 e. The number of halogens is 2. The van der Waals surface area contributed by atoms with Gasteiger partial charge in [-0.05, 0) is 67.9 Å². The molecule has 0 N–H and O–H groups in total. The van der Waals surface area contributed by atoms with Gasteiger partial charge in [0.15, 0.2) is 17.3 Å². The summed E-state index contributed by atoms with van der Waals surface area (Å²) in [4.78, 5) is 14.9. The number of carbonyl (C=O) groups is 1. The molecule has 0 atom stereocenters. The molecule has 0 radical (unpaired) electrons. The van der Waals surface area contributed by atoms with Crippen LogP contribution in [0.4, 0.5) is 8.78 Å². The predicted octanol–water partition coefficient (Wildman–Crippen LogP) is 4.80. The summed E-state index contributed by atoms with van der Waals surface area (Å²) >= 11 is 0. The first-order chi connectivity index (χ1) is 14.5. The van der Waals surface area contributed by atoms with Gasteiger partial charge in [0, 0.05) is 17.7 Å². The Labute approximate surface area is 174 Å². The second kappa shape index (κ2) is 10.2. The third-order valence-corrected chi connectivity index (χ3v) is 4.99. The molecule has 160 valence electrons. The van der Waals surface area contributed by atoms with Crippen LogP contribution in [0.3, 0.4) is 0 Å². The van der Waals surface area contributed by atoms with Crippen molar-refractivity contribution in [2.45, 2.75) is 26.0 Å². The highest BCUT2D eigenvalue weighted by Crippen LogP contribution is 2.30. The molecule has 7 heteroatoms. The molecule has 0 saturated carbocycles. The Bertz CT molecular complexity index is 908. The highest BCUT2D eigenvalue weighted by molar-refractivity contribution is 6.07. The summed E-state index contributed by atoms with van der Waals surface area (Å²) < 4.78 is 39.8. The minimum atomic E-state index is -2.97. The number of ether oxygens (including phenoxy) is 3. The molecule has 5 nitrogen and oxygen atoms in total. The van der Waals surface area contributed by atoms with Crippen LogP contribution in [0.5, 0.6) is 17.2 Å². The van der Waals surface area contributed by atoms with E-state index in [2.05, 4.69) is 9.64 Å². The van der Waals surface area contributed by atoms with Crippen molar-refractivity contribution in [3.05, 3.63) is 59.2 Å². The molecule has 1 aliphatic rings. The van der Waals surface area contributed by atoms with Crippen molar-refractivity contribution in [3.63, 3.8) is 0 Å². The third-order valence-electron chi connectivity index (χ3n) is 4.99. The fourth-order valence-electron chi connectivity index (χ4n) is 3.49. The molecule has 2 aromatic carbocycles. The quantitative estimate of drug-likeness (QED) is 0.433. The average molecular weight is 417 g/mol. The standard InChI is InChI=1S/C23H25F2NO4/c1-28-20-9-6-16(13-18(20)15-26-11-3-4-12-26)5-8-19(27)17-7-10-21(30-23(24)25)22(14-17)29-2/h5-10,13-14,23H,3-4,11-12,15H2,1-2H3/b8-5+. The first kappa shape index (κ1) is 21.8. The van der Waals surface area contributed by atoms with Crippen LogP contribution in [0, 0.1) is 0 Å². The summed E-state index contributed by atoms with van der Waals surface area (Å²) in [6.07, 6.45) is 5.59. The SMILES string of the molecule is COc1ccc(/C=C/C(=O)c2ccc(OC(F)F)c(OC)c2)cc1CN1CCCC1. The summed E-state index contributed by atoms with van der Waals surface area (Å²) in [7, 11) is 2.98. The Kier molecular flexibility index (Phi) is 7.41. The van der Waals surface area contributed by atoms with Crippen molar-refractivity contribution in [1.29, 1.82) is 0 Å². The number of benzene rings is 2. The van der Waals surface area contributed by atoms with Gasteiger partial charge in [-0.1, -0.05) is 12.1 Å². The van der Waals surface area contributed by atoms with E-state index in [9.17, 15) is 13.6 Å². The summed E-state index contributed by atoms with van der Waals surface area (Å²) in [6, 6.07) is 9.91. The topological polar surface area (TPSA) is 48.0 Å². The van der Waals surface area contributed by atoms with Crippen LogP contribution < -0.4 is 14.2 Å². The zero-order chi connectivity index (χ0) is 21.5. The van der Waals surface area contributed by atoms with Crippen LogP contribution in [0.2, 0.25) is 0 Å². The third kappa shape index (κ3) is 5.57. The van der Waals surface area contributed by atoms with E-state index in [1.54, 1.807) is 13.2 Å². The fraction of sp³-hybridized carbons (Fsp3) is 0.348. The zero-order valence-electron chi connectivity index (χ0n) is 17.1. The molecule has 0 aromatic heterocycles. The van der Waals surface area contributed by atoms with Gasteiger partial charge in [0.1, 0.15) is 5.75 Å². The Morgan fingerprint density at radius 2 is 1.73 bits per heavy atom. The monoisotopic (exact) mass is 417 g/mol. The van der Waals surface area contributed by atoms with Gasteiger partial charge in [-0.2, -0.15) is 8.78 Å². The maximum absolute atomic E-state index is 12.5. The lowest BCUT2D eigenvalue weighted by atomic mass is 10.1. The number of likely N-dealkylation sites (tertiary alicyclic amines) is 1. The van der Waals surface area contributed by atoms with Crippen molar-refractivity contribution in [1.82, 2.24) is 4.90 Å². The summed E-state index contributed by atoms with van der Waals surface area (Å²) in [5.41, 5.74) is 2.27. The summed E-state index contributed by atoms with van der Waals surface area (Å²) in [5.74, 6) is 0.514. The van der Waals surface area contributed by atoms with E-state index < -0.39 is 6.61 Å². The van der Waals surface area contributed by atoms with Crippen molar-refractivity contribution in [2.24, 2.45) is 0 Å². The van der Waals surface area contributed by atoms with Crippen LogP contribution in [-0.4, -0.2) is 44.6 Å². The second-order valence-electron chi connectivity index (χ2n) is 7.00. The van der Waals surface area contributed by atoms with Crippen molar-refractivity contribution >= 4 is 11.9 Å². The summed E-state index contributed by atoms with van der Waals surface area (Å²) in [6.45, 7) is -0.00392. The highest BCUT2D eigenvalue weighted by atomic mass is 19.3. The largest absolute Gasteiger partial charge is 0.496 e. The zero-order valence-corrected chi connectivity index (χ0v) is 17.1. The number of nitrogens with zero attached hydrogens (tertiary/aromatic N) is 1. The van der Waals surface area contributed by atoms with Gasteiger partial charge in [-0.25, -0.2) is 0 Å². The number of alkyl halides is 2. The molecule has 1 aliphatic heterocycles. The molecule has 0 bridgehead atoms. The molecule has 30 heavy (non-hydrogen) atoms. The van der Waals surface area contributed by atoms with E-state index in [1.165, 1.54) is 44.2 Å². The fourth-order valence-corrected chi connectivity index (χ4v) is 3.49. The van der Waals surface area contributed by atoms with Gasteiger partial charge in [0.05, 0.1) is 14.2 Å². The lowest BCUT2D eigenvalue weighted by molar-refractivity contribution is -0.0512. The Morgan fingerprint density at radius 1 is 1.03 bits per heavy atom. The number of hydrogen-bond acceptors (Lipinski definition) is 5. The molecule has 0 spiro atoms. The molecular weight excluding hydrogens is 392 g/mol. The molecule has 1 fully saturated rings. The van der Waals surface area contributed by atoms with E-state index >= 15 is 0 Å². The lowest BCUT2D eigenvalue weighted by Gasteiger charge is -2.17. The van der Waals surface area contributed by atoms with Gasteiger partial charge in [0.25, 0.3) is 0 Å². The number of allylic oxidation sites excluding steroid dienone is 1. The molecule has 2 aromatic rings. The van der Waals surface area contributed by atoms with Gasteiger partial charge in [-0.15, -0.1) is 0 Å². The number of ketones is 1. The van der Waals surface area contributed by atoms with E-state index in [0.29, 0.717) is 5.56 Å². The molecule has 1 heterocycles. The second-order valence-corrected chi connectivity index (χ2v) is 7.00. The molecule has 3 rings (SSSR count). The van der Waals surface area contributed by atoms with Gasteiger partial charge >= 0.3 is 6.61 Å². The van der Waals surface area contributed by atoms with E-state index in [4.69, 9.17) is 9.47 Å². The number of carbonyl (C=O) groups excluding carboxylic acids is 1. The minimum absolute atomic E-state index is 0.0758. The first-order valence-corrected chi connectivity index (χ1v) is 9.74. The number of rotatable bonds is 9. The Hall–Kier alpha value is -2.93. The van der Waals surface area contributed by atoms with Crippen LogP contribution in [-0.2, 0) is 6.54 Å². The lowest BCUT2D eigenvalue weighted by Crippen LogP contribution is -2.18. The molecule has 0 amide bonds. The van der Waals surface area contributed by atoms with E-state index in [1.807, 2.05) is 18.2 Å². The van der Waals surface area contributed by atoms with Crippen molar-refractivity contribution in [2.75, 3.05) is 27.3 Å². The maximum atomic E-state index is 12.5. The average Bonchev–Trinajstić information content (AvgIpc) is 3.25. The molecule has 0 unspecified atom stereocenters.